The molecule has 1 aromatic carbocycles. The minimum Gasteiger partial charge on any atom is -0.478 e. The van der Waals surface area contributed by atoms with Crippen molar-refractivity contribution in [1.82, 2.24) is 4.72 Å². The highest BCUT2D eigenvalue weighted by atomic mass is 32.2. The van der Waals surface area contributed by atoms with Gasteiger partial charge in [0.2, 0.25) is 10.0 Å². The predicted molar refractivity (Wildman–Crippen MR) is 75.1 cm³/mol. The normalized spacial score (nSPS) is 15.0. The maximum atomic E-state index is 13.6. The number of allylic oxidation sites excluding steroid dienone is 1. The Balaban J connectivity index is 2.11. The third-order valence-corrected chi connectivity index (χ3v) is 4.82. The van der Waals surface area contributed by atoms with E-state index < -0.39 is 26.7 Å². The molecular formula is C14H16FNO4S. The van der Waals surface area contributed by atoms with E-state index in [9.17, 15) is 17.6 Å². The first-order valence-electron chi connectivity index (χ1n) is 6.60. The number of rotatable bonds is 6. The van der Waals surface area contributed by atoms with Crippen molar-refractivity contribution in [2.75, 3.05) is 6.54 Å². The molecule has 0 aliphatic heterocycles. The summed E-state index contributed by atoms with van der Waals surface area (Å²) in [7, 11) is -4.05. The van der Waals surface area contributed by atoms with Crippen molar-refractivity contribution in [3.8, 4) is 0 Å². The Kier molecular flexibility index (Phi) is 4.74. The van der Waals surface area contributed by atoms with E-state index in [-0.39, 0.29) is 12.1 Å². The molecule has 1 aliphatic rings. The summed E-state index contributed by atoms with van der Waals surface area (Å²) in [6.45, 7) is 0.172. The van der Waals surface area contributed by atoms with E-state index in [1.165, 1.54) is 5.57 Å². The summed E-state index contributed by atoms with van der Waals surface area (Å²) in [4.78, 5) is 10.2. The summed E-state index contributed by atoms with van der Waals surface area (Å²) < 4.78 is 40.0. The number of hydrogen-bond donors (Lipinski definition) is 2. The summed E-state index contributed by atoms with van der Waals surface area (Å²) in [5.41, 5.74) is 0.924. The number of halogens is 1. The van der Waals surface area contributed by atoms with Crippen LogP contribution in [0.2, 0.25) is 0 Å². The number of sulfonamides is 1. The van der Waals surface area contributed by atoms with Gasteiger partial charge in [0.05, 0.1) is 5.56 Å². The minimum atomic E-state index is -4.05. The topological polar surface area (TPSA) is 83.5 Å². The van der Waals surface area contributed by atoms with Gasteiger partial charge in [0.1, 0.15) is 10.7 Å². The lowest BCUT2D eigenvalue weighted by atomic mass is 10.2. The predicted octanol–water partition coefficient (Wildman–Crippen LogP) is 2.30. The maximum absolute atomic E-state index is 13.6. The summed E-state index contributed by atoms with van der Waals surface area (Å²) in [6.07, 6.45) is 5.72. The molecule has 0 unspecified atom stereocenters. The van der Waals surface area contributed by atoms with Crippen LogP contribution in [0.4, 0.5) is 4.39 Å². The van der Waals surface area contributed by atoms with Crippen molar-refractivity contribution in [3.05, 3.63) is 41.2 Å². The smallest absolute Gasteiger partial charge is 0.335 e. The molecule has 21 heavy (non-hydrogen) atoms. The van der Waals surface area contributed by atoms with Crippen molar-refractivity contribution in [1.29, 1.82) is 0 Å². The van der Waals surface area contributed by atoms with Crippen LogP contribution in [0.5, 0.6) is 0 Å². The highest BCUT2D eigenvalue weighted by molar-refractivity contribution is 7.89. The van der Waals surface area contributed by atoms with Crippen LogP contribution in [0.25, 0.3) is 0 Å². The zero-order chi connectivity index (χ0) is 15.5. The molecule has 2 N–H and O–H groups in total. The van der Waals surface area contributed by atoms with Gasteiger partial charge in [-0.05, 0) is 43.9 Å². The standard InChI is InChI=1S/C14H16FNO4S/c15-12-6-5-11(14(17)18)9-13(12)21(19,20)16-8-7-10-3-1-2-4-10/h3,5-6,9,16H,1-2,4,7-8H2,(H,17,18). The van der Waals surface area contributed by atoms with Crippen molar-refractivity contribution in [2.45, 2.75) is 30.6 Å². The van der Waals surface area contributed by atoms with Gasteiger partial charge < -0.3 is 5.11 Å². The maximum Gasteiger partial charge on any atom is 0.335 e. The molecule has 0 heterocycles. The summed E-state index contributed by atoms with van der Waals surface area (Å²) >= 11 is 0. The molecule has 0 radical (unpaired) electrons. The quantitative estimate of drug-likeness (QED) is 0.789. The van der Waals surface area contributed by atoms with Crippen LogP contribution in [-0.2, 0) is 10.0 Å². The second-order valence-electron chi connectivity index (χ2n) is 4.85. The first kappa shape index (κ1) is 15.7. The molecule has 7 heteroatoms. The highest BCUT2D eigenvalue weighted by Gasteiger charge is 2.21. The second-order valence-corrected chi connectivity index (χ2v) is 6.59. The Morgan fingerprint density at radius 3 is 2.76 bits per heavy atom. The van der Waals surface area contributed by atoms with Crippen molar-refractivity contribution in [3.63, 3.8) is 0 Å². The summed E-state index contributed by atoms with van der Waals surface area (Å²) in [6, 6.07) is 2.70. The second kappa shape index (κ2) is 6.36. The minimum absolute atomic E-state index is 0.172. The third kappa shape index (κ3) is 3.89. The Labute approximate surface area is 122 Å². The fraction of sp³-hybridized carbons (Fsp3) is 0.357. The van der Waals surface area contributed by atoms with Gasteiger partial charge in [0, 0.05) is 6.54 Å². The molecule has 0 fully saturated rings. The molecule has 0 aromatic heterocycles. The van der Waals surface area contributed by atoms with Gasteiger partial charge in [-0.25, -0.2) is 22.3 Å². The van der Waals surface area contributed by atoms with Crippen LogP contribution in [0.15, 0.2) is 34.7 Å². The monoisotopic (exact) mass is 313 g/mol. The molecule has 2 rings (SSSR count). The number of hydrogen-bond acceptors (Lipinski definition) is 3. The van der Waals surface area contributed by atoms with E-state index in [4.69, 9.17) is 5.11 Å². The molecule has 5 nitrogen and oxygen atoms in total. The molecule has 0 saturated heterocycles. The fourth-order valence-corrected chi connectivity index (χ4v) is 3.36. The van der Waals surface area contributed by atoms with Gasteiger partial charge in [-0.1, -0.05) is 11.6 Å². The lowest BCUT2D eigenvalue weighted by Crippen LogP contribution is -2.26. The van der Waals surface area contributed by atoms with Gasteiger partial charge in [-0.2, -0.15) is 0 Å². The Morgan fingerprint density at radius 2 is 2.14 bits per heavy atom. The van der Waals surface area contributed by atoms with Crippen LogP contribution in [0.3, 0.4) is 0 Å². The van der Waals surface area contributed by atoms with E-state index in [0.29, 0.717) is 6.42 Å². The first-order valence-corrected chi connectivity index (χ1v) is 8.09. The van der Waals surface area contributed by atoms with Crippen LogP contribution < -0.4 is 4.72 Å². The molecule has 1 aliphatic carbocycles. The number of nitrogens with one attached hydrogen (secondary N) is 1. The molecule has 114 valence electrons. The summed E-state index contributed by atoms with van der Waals surface area (Å²) in [5, 5.41) is 8.84. The van der Waals surface area contributed by atoms with Gasteiger partial charge in [-0.15, -0.1) is 0 Å². The van der Waals surface area contributed by atoms with E-state index in [0.717, 1.165) is 37.5 Å². The van der Waals surface area contributed by atoms with Crippen LogP contribution in [0, 0.1) is 5.82 Å². The van der Waals surface area contributed by atoms with Crippen molar-refractivity contribution >= 4 is 16.0 Å². The van der Waals surface area contributed by atoms with E-state index in [1.807, 2.05) is 0 Å². The number of carboxylic acids is 1. The van der Waals surface area contributed by atoms with Crippen LogP contribution >= 0.6 is 0 Å². The average molecular weight is 313 g/mol. The largest absolute Gasteiger partial charge is 0.478 e. The molecular weight excluding hydrogens is 297 g/mol. The Bertz CT molecular complexity index is 682. The van der Waals surface area contributed by atoms with Crippen LogP contribution in [0.1, 0.15) is 36.0 Å². The van der Waals surface area contributed by atoms with Crippen molar-refractivity contribution < 1.29 is 22.7 Å². The molecule has 1 aromatic rings. The van der Waals surface area contributed by atoms with Gasteiger partial charge in [0.15, 0.2) is 0 Å². The van der Waals surface area contributed by atoms with Crippen molar-refractivity contribution in [2.24, 2.45) is 0 Å². The van der Waals surface area contributed by atoms with E-state index in [2.05, 4.69) is 10.8 Å². The lowest BCUT2D eigenvalue weighted by Gasteiger charge is -2.09. The number of benzene rings is 1. The molecule has 0 bridgehead atoms. The van der Waals surface area contributed by atoms with Gasteiger partial charge in [0.25, 0.3) is 0 Å². The number of carbonyl (C=O) groups is 1. The first-order chi connectivity index (χ1) is 9.90. The molecule has 0 saturated carbocycles. The van der Waals surface area contributed by atoms with E-state index >= 15 is 0 Å². The van der Waals surface area contributed by atoms with Gasteiger partial charge in [-0.3, -0.25) is 0 Å². The SMILES string of the molecule is O=C(O)c1ccc(F)c(S(=O)(=O)NCCC2=CCCC2)c1. The summed E-state index contributed by atoms with van der Waals surface area (Å²) in [5.74, 6) is -2.27. The molecule has 0 spiro atoms. The zero-order valence-electron chi connectivity index (χ0n) is 11.3. The number of aromatic carboxylic acids is 1. The average Bonchev–Trinajstić information content (AvgIpc) is 2.91. The van der Waals surface area contributed by atoms with Crippen LogP contribution in [-0.4, -0.2) is 26.0 Å². The Morgan fingerprint density at radius 1 is 1.38 bits per heavy atom. The number of carboxylic acid groups (broad SMARTS) is 1. The van der Waals surface area contributed by atoms with Gasteiger partial charge >= 0.3 is 5.97 Å². The highest BCUT2D eigenvalue weighted by Crippen LogP contribution is 2.21. The fourth-order valence-electron chi connectivity index (χ4n) is 2.23. The third-order valence-electron chi connectivity index (χ3n) is 3.34. The Hall–Kier alpha value is -1.73. The zero-order valence-corrected chi connectivity index (χ0v) is 12.1. The molecule has 0 amide bonds. The molecule has 0 atom stereocenters. The lowest BCUT2D eigenvalue weighted by molar-refractivity contribution is 0.0696. The van der Waals surface area contributed by atoms with E-state index in [1.54, 1.807) is 0 Å².